The van der Waals surface area contributed by atoms with Gasteiger partial charge < -0.3 is 4.74 Å². The van der Waals surface area contributed by atoms with Gasteiger partial charge in [0.05, 0.1) is 4.47 Å². The van der Waals surface area contributed by atoms with Crippen LogP contribution in [0.1, 0.15) is 22.3 Å². The highest BCUT2D eigenvalue weighted by molar-refractivity contribution is 9.10. The van der Waals surface area contributed by atoms with Crippen LogP contribution in [0.3, 0.4) is 0 Å². The van der Waals surface area contributed by atoms with Gasteiger partial charge in [-0.1, -0.05) is 35.4 Å². The van der Waals surface area contributed by atoms with Gasteiger partial charge in [0.2, 0.25) is 0 Å². The minimum Gasteiger partial charge on any atom is -0.488 e. The van der Waals surface area contributed by atoms with E-state index in [0.29, 0.717) is 6.61 Å². The molecule has 2 rings (SSSR count). The lowest BCUT2D eigenvalue weighted by molar-refractivity contribution is 0.304. The Kier molecular flexibility index (Phi) is 4.07. The molecule has 18 heavy (non-hydrogen) atoms. The number of hydrogen-bond acceptors (Lipinski definition) is 1. The van der Waals surface area contributed by atoms with Crippen LogP contribution in [0.25, 0.3) is 0 Å². The molecular weight excluding hydrogens is 288 g/mol. The topological polar surface area (TPSA) is 9.23 Å². The van der Waals surface area contributed by atoms with Crippen LogP contribution in [-0.2, 0) is 6.61 Å². The third-order valence-electron chi connectivity index (χ3n) is 2.76. The van der Waals surface area contributed by atoms with Gasteiger partial charge in [-0.25, -0.2) is 0 Å². The maximum absolute atomic E-state index is 5.84. The van der Waals surface area contributed by atoms with Crippen molar-refractivity contribution < 1.29 is 4.74 Å². The van der Waals surface area contributed by atoms with Gasteiger partial charge in [0.1, 0.15) is 12.4 Å². The van der Waals surface area contributed by atoms with Gasteiger partial charge in [-0.2, -0.15) is 0 Å². The van der Waals surface area contributed by atoms with E-state index in [1.54, 1.807) is 0 Å². The smallest absolute Gasteiger partial charge is 0.134 e. The Morgan fingerprint density at radius 2 is 1.56 bits per heavy atom. The lowest BCUT2D eigenvalue weighted by Gasteiger charge is -2.10. The van der Waals surface area contributed by atoms with Gasteiger partial charge in [0.15, 0.2) is 0 Å². The van der Waals surface area contributed by atoms with E-state index < -0.39 is 0 Å². The second kappa shape index (κ2) is 5.57. The SMILES string of the molecule is Cc1cc(C)cc(COc2ccc(C)cc2Br)c1. The molecule has 0 heterocycles. The van der Waals surface area contributed by atoms with E-state index in [0.717, 1.165) is 10.2 Å². The molecule has 0 unspecified atom stereocenters. The van der Waals surface area contributed by atoms with Crippen molar-refractivity contribution in [1.82, 2.24) is 0 Å². The number of benzene rings is 2. The molecular formula is C16H17BrO. The molecule has 0 radical (unpaired) electrons. The van der Waals surface area contributed by atoms with E-state index in [1.165, 1.54) is 22.3 Å². The van der Waals surface area contributed by atoms with Crippen LogP contribution in [0.15, 0.2) is 40.9 Å². The molecule has 0 bridgehead atoms. The van der Waals surface area contributed by atoms with Gasteiger partial charge in [-0.3, -0.25) is 0 Å². The summed E-state index contributed by atoms with van der Waals surface area (Å²) in [7, 11) is 0. The Morgan fingerprint density at radius 1 is 0.889 bits per heavy atom. The fourth-order valence-corrected chi connectivity index (χ4v) is 2.64. The van der Waals surface area contributed by atoms with Crippen LogP contribution >= 0.6 is 15.9 Å². The summed E-state index contributed by atoms with van der Waals surface area (Å²) in [5.74, 6) is 0.889. The molecule has 0 N–H and O–H groups in total. The van der Waals surface area contributed by atoms with Crippen molar-refractivity contribution in [2.24, 2.45) is 0 Å². The number of hydrogen-bond donors (Lipinski definition) is 0. The van der Waals surface area contributed by atoms with Crippen molar-refractivity contribution in [3.8, 4) is 5.75 Å². The predicted molar refractivity (Wildman–Crippen MR) is 79.1 cm³/mol. The molecule has 2 aromatic rings. The molecule has 0 saturated carbocycles. The van der Waals surface area contributed by atoms with Gasteiger partial charge in [-0.15, -0.1) is 0 Å². The molecule has 0 fully saturated rings. The molecule has 0 aliphatic heterocycles. The van der Waals surface area contributed by atoms with E-state index in [1.807, 2.05) is 6.07 Å². The standard InChI is InChI=1S/C16H17BrO/c1-11-4-5-16(15(17)9-11)18-10-14-7-12(2)6-13(3)8-14/h4-9H,10H2,1-3H3. The third-order valence-corrected chi connectivity index (χ3v) is 3.38. The zero-order valence-corrected chi connectivity index (χ0v) is 12.5. The second-order valence-electron chi connectivity index (χ2n) is 4.72. The zero-order valence-electron chi connectivity index (χ0n) is 11.0. The maximum Gasteiger partial charge on any atom is 0.134 e. The summed E-state index contributed by atoms with van der Waals surface area (Å²) in [6, 6.07) is 12.6. The monoisotopic (exact) mass is 304 g/mol. The molecule has 0 atom stereocenters. The molecule has 2 aromatic carbocycles. The lowest BCUT2D eigenvalue weighted by Crippen LogP contribution is -1.97. The van der Waals surface area contributed by atoms with E-state index in [-0.39, 0.29) is 0 Å². The molecule has 0 spiro atoms. The summed E-state index contributed by atoms with van der Waals surface area (Å²) in [6.45, 7) is 6.89. The molecule has 1 nitrogen and oxygen atoms in total. The molecule has 0 amide bonds. The first kappa shape index (κ1) is 13.2. The lowest BCUT2D eigenvalue weighted by atomic mass is 10.1. The largest absolute Gasteiger partial charge is 0.488 e. The van der Waals surface area contributed by atoms with Crippen LogP contribution in [-0.4, -0.2) is 0 Å². The van der Waals surface area contributed by atoms with Gasteiger partial charge >= 0.3 is 0 Å². The van der Waals surface area contributed by atoms with E-state index in [4.69, 9.17) is 4.74 Å². The fraction of sp³-hybridized carbons (Fsp3) is 0.250. The van der Waals surface area contributed by atoms with Gasteiger partial charge in [0, 0.05) is 0 Å². The van der Waals surface area contributed by atoms with Crippen molar-refractivity contribution in [2.75, 3.05) is 0 Å². The van der Waals surface area contributed by atoms with Crippen molar-refractivity contribution in [3.05, 3.63) is 63.1 Å². The van der Waals surface area contributed by atoms with Gasteiger partial charge in [0.25, 0.3) is 0 Å². The van der Waals surface area contributed by atoms with E-state index in [9.17, 15) is 0 Å². The van der Waals surface area contributed by atoms with Crippen LogP contribution < -0.4 is 4.74 Å². The molecule has 94 valence electrons. The summed E-state index contributed by atoms with van der Waals surface area (Å²) in [5.41, 5.74) is 4.98. The van der Waals surface area contributed by atoms with Gasteiger partial charge in [-0.05, 0) is 60.0 Å². The molecule has 0 aliphatic carbocycles. The quantitative estimate of drug-likeness (QED) is 0.779. The summed E-state index contributed by atoms with van der Waals surface area (Å²) in [4.78, 5) is 0. The van der Waals surface area contributed by atoms with Crippen LogP contribution in [0.5, 0.6) is 5.75 Å². The average Bonchev–Trinajstić information content (AvgIpc) is 2.26. The minimum atomic E-state index is 0.601. The Hall–Kier alpha value is -1.28. The highest BCUT2D eigenvalue weighted by atomic mass is 79.9. The Morgan fingerprint density at radius 3 is 2.17 bits per heavy atom. The molecule has 0 aliphatic rings. The van der Waals surface area contributed by atoms with Crippen molar-refractivity contribution in [1.29, 1.82) is 0 Å². The first-order valence-electron chi connectivity index (χ1n) is 6.01. The number of aryl methyl sites for hydroxylation is 3. The van der Waals surface area contributed by atoms with Crippen molar-refractivity contribution in [2.45, 2.75) is 27.4 Å². The Labute approximate surface area is 117 Å². The van der Waals surface area contributed by atoms with E-state index in [2.05, 4.69) is 67.0 Å². The van der Waals surface area contributed by atoms with Crippen LogP contribution in [0.4, 0.5) is 0 Å². The molecule has 0 saturated heterocycles. The first-order chi connectivity index (χ1) is 8.54. The number of rotatable bonds is 3. The predicted octanol–water partition coefficient (Wildman–Crippen LogP) is 4.95. The summed E-state index contributed by atoms with van der Waals surface area (Å²) < 4.78 is 6.85. The average molecular weight is 305 g/mol. The number of ether oxygens (including phenoxy) is 1. The highest BCUT2D eigenvalue weighted by Crippen LogP contribution is 2.26. The molecule has 0 aromatic heterocycles. The maximum atomic E-state index is 5.84. The van der Waals surface area contributed by atoms with Crippen LogP contribution in [0.2, 0.25) is 0 Å². The normalized spacial score (nSPS) is 10.4. The second-order valence-corrected chi connectivity index (χ2v) is 5.57. The summed E-state index contributed by atoms with van der Waals surface area (Å²) in [6.07, 6.45) is 0. The number of halogens is 1. The molecule has 2 heteroatoms. The first-order valence-corrected chi connectivity index (χ1v) is 6.80. The summed E-state index contributed by atoms with van der Waals surface area (Å²) in [5, 5.41) is 0. The van der Waals surface area contributed by atoms with Crippen LogP contribution in [0, 0.1) is 20.8 Å². The highest BCUT2D eigenvalue weighted by Gasteiger charge is 2.02. The summed E-state index contributed by atoms with van der Waals surface area (Å²) >= 11 is 3.52. The zero-order chi connectivity index (χ0) is 13.1. The Bertz CT molecular complexity index is 541. The van der Waals surface area contributed by atoms with Crippen molar-refractivity contribution >= 4 is 15.9 Å². The third kappa shape index (κ3) is 3.36. The van der Waals surface area contributed by atoms with E-state index >= 15 is 0 Å². The Balaban J connectivity index is 2.11. The minimum absolute atomic E-state index is 0.601. The van der Waals surface area contributed by atoms with Crippen molar-refractivity contribution in [3.63, 3.8) is 0 Å². The fourth-order valence-electron chi connectivity index (χ4n) is 2.04.